The van der Waals surface area contributed by atoms with Crippen LogP contribution in [-0.2, 0) is 0 Å². The molecule has 3 aromatic rings. The molecule has 0 aliphatic heterocycles. The van der Waals surface area contributed by atoms with E-state index in [1.165, 1.54) is 21.8 Å². The number of fused-ring (bicyclic) bond motifs is 3. The molecule has 5 nitrogen and oxygen atoms in total. The van der Waals surface area contributed by atoms with Gasteiger partial charge in [-0.2, -0.15) is 0 Å². The number of aliphatic hydroxyl groups excluding tert-OH is 1. The highest BCUT2D eigenvalue weighted by atomic mass is 16.3. The van der Waals surface area contributed by atoms with Crippen molar-refractivity contribution in [3.8, 4) is 0 Å². The van der Waals surface area contributed by atoms with Crippen molar-refractivity contribution in [1.82, 2.24) is 9.88 Å². The SMILES string of the molecule is CC[C@H](C)[C@@H](CO)NC(=O)Nc1c(C)cc2c(c1C)c1ccccc1n2C(C)C. The number of nitrogens with one attached hydrogen (secondary N) is 2. The lowest BCUT2D eigenvalue weighted by Crippen LogP contribution is -2.44. The number of hydrogen-bond acceptors (Lipinski definition) is 2. The van der Waals surface area contributed by atoms with E-state index in [4.69, 9.17) is 0 Å². The first-order valence-electron chi connectivity index (χ1n) is 10.5. The molecule has 2 amide bonds. The van der Waals surface area contributed by atoms with Gasteiger partial charge in [0.25, 0.3) is 0 Å². The van der Waals surface area contributed by atoms with E-state index in [2.05, 4.69) is 73.2 Å². The summed E-state index contributed by atoms with van der Waals surface area (Å²) in [7, 11) is 0. The molecule has 0 fully saturated rings. The second-order valence-electron chi connectivity index (χ2n) is 8.34. The summed E-state index contributed by atoms with van der Waals surface area (Å²) in [6, 6.07) is 10.4. The molecule has 1 aromatic heterocycles. The molecule has 2 aromatic carbocycles. The zero-order valence-corrected chi connectivity index (χ0v) is 18.3. The number of aliphatic hydroxyl groups is 1. The van der Waals surface area contributed by atoms with Gasteiger partial charge in [-0.05, 0) is 56.9 Å². The molecule has 0 aliphatic carbocycles. The maximum Gasteiger partial charge on any atom is 0.319 e. The van der Waals surface area contributed by atoms with Gasteiger partial charge in [0.15, 0.2) is 0 Å². The average molecular weight is 396 g/mol. The van der Waals surface area contributed by atoms with Gasteiger partial charge in [-0.3, -0.25) is 0 Å². The van der Waals surface area contributed by atoms with Gasteiger partial charge in [-0.15, -0.1) is 0 Å². The third kappa shape index (κ3) is 3.84. The molecule has 0 saturated heterocycles. The van der Waals surface area contributed by atoms with E-state index in [0.717, 1.165) is 23.2 Å². The standard InChI is InChI=1S/C24H33N3O2/c1-7-15(4)19(13-28)25-24(29)26-23-16(5)12-21-22(17(23)6)18-10-8-9-11-20(18)27(21)14(2)3/h8-12,14-15,19,28H,7,13H2,1-6H3,(H2,25,26,29)/t15-,19+/m0/s1. The Morgan fingerprint density at radius 3 is 2.45 bits per heavy atom. The average Bonchev–Trinajstić information content (AvgIpc) is 3.02. The zero-order chi connectivity index (χ0) is 21.3. The first-order chi connectivity index (χ1) is 13.8. The Labute approximate surface area is 173 Å². The fourth-order valence-electron chi connectivity index (χ4n) is 4.24. The number of rotatable bonds is 6. The number of urea groups is 1. The third-order valence-electron chi connectivity index (χ3n) is 6.05. The van der Waals surface area contributed by atoms with E-state index in [9.17, 15) is 9.90 Å². The largest absolute Gasteiger partial charge is 0.394 e. The first kappa shape index (κ1) is 21.2. The summed E-state index contributed by atoms with van der Waals surface area (Å²) in [6.45, 7) is 12.5. The lowest BCUT2D eigenvalue weighted by molar-refractivity contribution is 0.198. The number of anilines is 1. The van der Waals surface area contributed by atoms with Gasteiger partial charge < -0.3 is 20.3 Å². The van der Waals surface area contributed by atoms with Crippen LogP contribution < -0.4 is 10.6 Å². The van der Waals surface area contributed by atoms with Crippen LogP contribution >= 0.6 is 0 Å². The molecule has 1 heterocycles. The van der Waals surface area contributed by atoms with Crippen molar-refractivity contribution in [1.29, 1.82) is 0 Å². The summed E-state index contributed by atoms with van der Waals surface area (Å²) in [5.74, 6) is 0.208. The summed E-state index contributed by atoms with van der Waals surface area (Å²) < 4.78 is 2.36. The van der Waals surface area contributed by atoms with Gasteiger partial charge >= 0.3 is 6.03 Å². The van der Waals surface area contributed by atoms with Crippen LogP contribution in [0.4, 0.5) is 10.5 Å². The van der Waals surface area contributed by atoms with Gasteiger partial charge in [-0.25, -0.2) is 4.79 Å². The van der Waals surface area contributed by atoms with Crippen LogP contribution in [0.25, 0.3) is 21.8 Å². The molecular weight excluding hydrogens is 362 g/mol. The molecule has 29 heavy (non-hydrogen) atoms. The number of aryl methyl sites for hydroxylation is 2. The number of benzene rings is 2. The van der Waals surface area contributed by atoms with E-state index in [1.807, 2.05) is 13.8 Å². The molecule has 0 spiro atoms. The smallest absolute Gasteiger partial charge is 0.319 e. The van der Waals surface area contributed by atoms with Gasteiger partial charge in [0, 0.05) is 28.0 Å². The van der Waals surface area contributed by atoms with Crippen LogP contribution in [0.5, 0.6) is 0 Å². The van der Waals surface area contributed by atoms with Crippen molar-refractivity contribution in [3.05, 3.63) is 41.5 Å². The topological polar surface area (TPSA) is 66.3 Å². The lowest BCUT2D eigenvalue weighted by Gasteiger charge is -2.23. The molecule has 0 saturated carbocycles. The summed E-state index contributed by atoms with van der Waals surface area (Å²) in [5.41, 5.74) is 5.32. The molecule has 5 heteroatoms. The Balaban J connectivity index is 2.06. The Hall–Kier alpha value is -2.53. The maximum atomic E-state index is 12.7. The minimum absolute atomic E-state index is 0.0682. The minimum atomic E-state index is -0.275. The summed E-state index contributed by atoms with van der Waals surface area (Å²) in [6.07, 6.45) is 0.893. The van der Waals surface area contributed by atoms with Crippen LogP contribution in [0.1, 0.15) is 51.3 Å². The van der Waals surface area contributed by atoms with Crippen LogP contribution in [-0.4, -0.2) is 28.4 Å². The highest BCUT2D eigenvalue weighted by molar-refractivity contribution is 6.12. The van der Waals surface area contributed by atoms with E-state index in [1.54, 1.807) is 0 Å². The predicted octanol–water partition coefficient (Wildman–Crippen LogP) is 5.52. The van der Waals surface area contributed by atoms with E-state index in [0.29, 0.717) is 6.04 Å². The quantitative estimate of drug-likeness (QED) is 0.514. The Kier molecular flexibility index (Phi) is 6.18. The summed E-state index contributed by atoms with van der Waals surface area (Å²) in [4.78, 5) is 12.7. The first-order valence-corrected chi connectivity index (χ1v) is 10.5. The van der Waals surface area contributed by atoms with Crippen molar-refractivity contribution in [2.45, 2.75) is 60.0 Å². The molecule has 0 aliphatic rings. The Morgan fingerprint density at radius 2 is 1.83 bits per heavy atom. The number of nitrogens with zero attached hydrogens (tertiary/aromatic N) is 1. The molecule has 156 valence electrons. The van der Waals surface area contributed by atoms with Crippen LogP contribution in [0.15, 0.2) is 30.3 Å². The van der Waals surface area contributed by atoms with Crippen molar-refractivity contribution < 1.29 is 9.90 Å². The molecule has 3 N–H and O–H groups in total. The predicted molar refractivity (Wildman–Crippen MR) is 122 cm³/mol. The summed E-state index contributed by atoms with van der Waals surface area (Å²) in [5, 5.41) is 18.0. The van der Waals surface area contributed by atoms with Crippen molar-refractivity contribution in [2.75, 3.05) is 11.9 Å². The molecule has 2 atom stereocenters. The van der Waals surface area contributed by atoms with Gasteiger partial charge in [0.1, 0.15) is 0 Å². The fraction of sp³-hybridized carbons (Fsp3) is 0.458. The number of aromatic nitrogens is 1. The van der Waals surface area contributed by atoms with E-state index in [-0.39, 0.29) is 24.6 Å². The fourth-order valence-corrected chi connectivity index (χ4v) is 4.24. The normalized spacial score (nSPS) is 13.8. The number of amides is 2. The molecule has 0 unspecified atom stereocenters. The van der Waals surface area contributed by atoms with Crippen LogP contribution in [0.3, 0.4) is 0 Å². The van der Waals surface area contributed by atoms with Gasteiger partial charge in [0.05, 0.1) is 18.2 Å². The van der Waals surface area contributed by atoms with Crippen LogP contribution in [0, 0.1) is 19.8 Å². The van der Waals surface area contributed by atoms with E-state index >= 15 is 0 Å². The van der Waals surface area contributed by atoms with Gasteiger partial charge in [-0.1, -0.05) is 38.5 Å². The van der Waals surface area contributed by atoms with Crippen LogP contribution in [0.2, 0.25) is 0 Å². The number of carbonyl (C=O) groups is 1. The Bertz CT molecular complexity index is 1040. The summed E-state index contributed by atoms with van der Waals surface area (Å²) >= 11 is 0. The molecule has 0 bridgehead atoms. The van der Waals surface area contributed by atoms with Crippen molar-refractivity contribution in [2.24, 2.45) is 5.92 Å². The minimum Gasteiger partial charge on any atom is -0.394 e. The van der Waals surface area contributed by atoms with E-state index < -0.39 is 0 Å². The maximum absolute atomic E-state index is 12.7. The molecule has 0 radical (unpaired) electrons. The molecule has 3 rings (SSSR count). The van der Waals surface area contributed by atoms with Crippen molar-refractivity contribution in [3.63, 3.8) is 0 Å². The van der Waals surface area contributed by atoms with Crippen molar-refractivity contribution >= 4 is 33.5 Å². The number of para-hydroxylation sites is 1. The van der Waals surface area contributed by atoms with Gasteiger partial charge in [0.2, 0.25) is 0 Å². The lowest BCUT2D eigenvalue weighted by atomic mass is 10.00. The Morgan fingerprint density at radius 1 is 1.14 bits per heavy atom. The number of hydrogen-bond donors (Lipinski definition) is 3. The zero-order valence-electron chi connectivity index (χ0n) is 18.3. The highest BCUT2D eigenvalue weighted by Gasteiger charge is 2.21. The highest BCUT2D eigenvalue weighted by Crippen LogP contribution is 2.38. The second-order valence-corrected chi connectivity index (χ2v) is 8.34. The second kappa shape index (κ2) is 8.46. The monoisotopic (exact) mass is 395 g/mol. The molecular formula is C24H33N3O2. The third-order valence-corrected chi connectivity index (χ3v) is 6.05. The number of carbonyl (C=O) groups excluding carboxylic acids is 1.